The van der Waals surface area contributed by atoms with Gasteiger partial charge < -0.3 is 15.0 Å². The average molecular weight is 364 g/mol. The lowest BCUT2D eigenvalue weighted by Crippen LogP contribution is -2.36. The molecule has 1 N–H and O–H groups in total. The van der Waals surface area contributed by atoms with Gasteiger partial charge in [0.15, 0.2) is 0 Å². The second-order valence-corrected chi connectivity index (χ2v) is 7.19. The summed E-state index contributed by atoms with van der Waals surface area (Å²) in [4.78, 5) is 12.0. The first-order valence-corrected chi connectivity index (χ1v) is 9.72. The van der Waals surface area contributed by atoms with Crippen LogP contribution in [0.4, 0.5) is 5.69 Å². The van der Waals surface area contributed by atoms with Crippen LogP contribution < -0.4 is 10.2 Å². The monoisotopic (exact) mass is 364 g/mol. The molecule has 4 heterocycles. The summed E-state index contributed by atoms with van der Waals surface area (Å²) >= 11 is 0. The van der Waals surface area contributed by atoms with E-state index in [-0.39, 0.29) is 0 Å². The molecular weight excluding hydrogens is 340 g/mol. The molecule has 7 heteroatoms. The lowest BCUT2D eigenvalue weighted by molar-refractivity contribution is 0.123. The zero-order valence-electron chi connectivity index (χ0n) is 15.3. The van der Waals surface area contributed by atoms with Gasteiger partial charge in [-0.1, -0.05) is 6.07 Å². The van der Waals surface area contributed by atoms with Gasteiger partial charge in [-0.25, -0.2) is 4.98 Å². The van der Waals surface area contributed by atoms with Crippen molar-refractivity contribution in [3.63, 3.8) is 0 Å². The fourth-order valence-corrected chi connectivity index (χ4v) is 3.96. The van der Waals surface area contributed by atoms with Crippen LogP contribution in [0, 0.1) is 0 Å². The quantitative estimate of drug-likeness (QED) is 0.769. The molecule has 2 aliphatic heterocycles. The number of nitrogens with one attached hydrogen (secondary N) is 1. The van der Waals surface area contributed by atoms with Crippen LogP contribution in [0.2, 0.25) is 0 Å². The summed E-state index contributed by atoms with van der Waals surface area (Å²) in [6.45, 7) is 5.40. The fraction of sp³-hybridized carbons (Fsp3) is 0.450. The van der Waals surface area contributed by atoms with Crippen molar-refractivity contribution in [3.8, 4) is 11.3 Å². The van der Waals surface area contributed by atoms with Crippen LogP contribution in [0.3, 0.4) is 0 Å². The highest BCUT2D eigenvalue weighted by molar-refractivity contribution is 5.89. The average Bonchev–Trinajstić information content (AvgIpc) is 3.24. The van der Waals surface area contributed by atoms with Crippen LogP contribution in [0.5, 0.6) is 0 Å². The van der Waals surface area contributed by atoms with Crippen molar-refractivity contribution in [2.24, 2.45) is 0 Å². The normalized spacial score (nSPS) is 18.9. The van der Waals surface area contributed by atoms with E-state index < -0.39 is 0 Å². The first-order valence-electron chi connectivity index (χ1n) is 9.72. The topological polar surface area (TPSA) is 68.1 Å². The fourth-order valence-electron chi connectivity index (χ4n) is 3.96. The molecule has 3 aromatic rings. The Bertz CT molecular complexity index is 927. The molecule has 2 fully saturated rings. The van der Waals surface area contributed by atoms with Gasteiger partial charge in [0, 0.05) is 24.8 Å². The third-order valence-corrected chi connectivity index (χ3v) is 5.48. The van der Waals surface area contributed by atoms with Crippen LogP contribution >= 0.6 is 0 Å². The highest BCUT2D eigenvalue weighted by Crippen LogP contribution is 2.28. The Kier molecular flexibility index (Phi) is 4.47. The highest BCUT2D eigenvalue weighted by Gasteiger charge is 2.18. The van der Waals surface area contributed by atoms with Crippen molar-refractivity contribution in [1.82, 2.24) is 25.1 Å². The number of anilines is 1. The third-order valence-electron chi connectivity index (χ3n) is 5.48. The molecule has 0 bridgehead atoms. The molecule has 0 unspecified atom stereocenters. The lowest BCUT2D eigenvalue weighted by Gasteiger charge is -2.29. The molecule has 0 aliphatic carbocycles. The number of hydrogen-bond donors (Lipinski definition) is 1. The minimum atomic E-state index is 0.470. The lowest BCUT2D eigenvalue weighted by atomic mass is 10.1. The third kappa shape index (κ3) is 3.28. The van der Waals surface area contributed by atoms with Crippen molar-refractivity contribution in [2.75, 3.05) is 44.3 Å². The number of hydrogen-bond acceptors (Lipinski definition) is 6. The Hall–Kier alpha value is -2.51. The Labute approximate surface area is 158 Å². The Morgan fingerprint density at radius 3 is 2.78 bits per heavy atom. The number of piperidine rings is 1. The van der Waals surface area contributed by atoms with Crippen LogP contribution in [0.25, 0.3) is 22.3 Å². The Morgan fingerprint density at radius 1 is 1.07 bits per heavy atom. The van der Waals surface area contributed by atoms with Gasteiger partial charge in [0.25, 0.3) is 0 Å². The molecule has 0 atom stereocenters. The van der Waals surface area contributed by atoms with Gasteiger partial charge in [-0.05, 0) is 38.1 Å². The van der Waals surface area contributed by atoms with Gasteiger partial charge in [0.05, 0.1) is 48.5 Å². The minimum absolute atomic E-state index is 0.470. The largest absolute Gasteiger partial charge is 0.378 e. The van der Waals surface area contributed by atoms with Gasteiger partial charge in [-0.3, -0.25) is 9.67 Å². The molecule has 2 saturated heterocycles. The number of nitrogens with zero attached hydrogens (tertiary/aromatic N) is 5. The summed E-state index contributed by atoms with van der Waals surface area (Å²) in [7, 11) is 0. The molecule has 0 radical (unpaired) electrons. The maximum Gasteiger partial charge on any atom is 0.113 e. The standard InChI is InChI=1S/C20H24N6O/c1-2-17-20(19(3-1)25-8-10-27-11-9-25)24-18(13-22-17)15-12-23-26(14-15)16-4-6-21-7-5-16/h1-3,12-14,16,21H,4-11H2. The molecule has 1 aromatic carbocycles. The molecule has 27 heavy (non-hydrogen) atoms. The van der Waals surface area contributed by atoms with Crippen molar-refractivity contribution in [2.45, 2.75) is 18.9 Å². The van der Waals surface area contributed by atoms with E-state index in [2.05, 4.69) is 43.3 Å². The van der Waals surface area contributed by atoms with Gasteiger partial charge >= 0.3 is 0 Å². The summed E-state index contributed by atoms with van der Waals surface area (Å²) in [5.74, 6) is 0. The number of morpholine rings is 1. The predicted octanol–water partition coefficient (Wildman–Crippen LogP) is 2.25. The van der Waals surface area contributed by atoms with Crippen LogP contribution in [-0.2, 0) is 4.74 Å². The zero-order valence-corrected chi connectivity index (χ0v) is 15.3. The number of aromatic nitrogens is 4. The van der Waals surface area contributed by atoms with Crippen LogP contribution in [-0.4, -0.2) is 59.1 Å². The van der Waals surface area contributed by atoms with E-state index in [1.165, 1.54) is 0 Å². The summed E-state index contributed by atoms with van der Waals surface area (Å²) < 4.78 is 7.59. The second kappa shape index (κ2) is 7.25. The summed E-state index contributed by atoms with van der Waals surface area (Å²) in [6, 6.07) is 6.67. The molecule has 0 spiro atoms. The van der Waals surface area contributed by atoms with E-state index in [9.17, 15) is 0 Å². The highest BCUT2D eigenvalue weighted by atomic mass is 16.5. The second-order valence-electron chi connectivity index (χ2n) is 7.19. The van der Waals surface area contributed by atoms with E-state index in [0.29, 0.717) is 6.04 Å². The Balaban J connectivity index is 1.49. The molecule has 140 valence electrons. The number of fused-ring (bicyclic) bond motifs is 1. The molecule has 0 saturated carbocycles. The van der Waals surface area contributed by atoms with E-state index in [4.69, 9.17) is 9.72 Å². The SMILES string of the molecule is c1cc(N2CCOCC2)c2nc(-c3cnn(C4CCNCC4)c3)cnc2c1. The van der Waals surface area contributed by atoms with Crippen molar-refractivity contribution < 1.29 is 4.74 Å². The first-order chi connectivity index (χ1) is 13.4. The van der Waals surface area contributed by atoms with E-state index in [0.717, 1.165) is 80.2 Å². The molecule has 5 rings (SSSR count). The maximum absolute atomic E-state index is 5.49. The summed E-state index contributed by atoms with van der Waals surface area (Å²) in [5.41, 5.74) is 4.92. The molecule has 7 nitrogen and oxygen atoms in total. The molecule has 0 amide bonds. The minimum Gasteiger partial charge on any atom is -0.378 e. The van der Waals surface area contributed by atoms with Gasteiger partial charge in [-0.15, -0.1) is 0 Å². The van der Waals surface area contributed by atoms with E-state index in [1.807, 2.05) is 18.5 Å². The van der Waals surface area contributed by atoms with Crippen molar-refractivity contribution in [3.05, 3.63) is 36.8 Å². The maximum atomic E-state index is 5.49. The van der Waals surface area contributed by atoms with Gasteiger partial charge in [0.1, 0.15) is 5.52 Å². The number of para-hydroxylation sites is 1. The van der Waals surface area contributed by atoms with Crippen LogP contribution in [0.15, 0.2) is 36.8 Å². The zero-order chi connectivity index (χ0) is 18.1. The molecule has 2 aliphatic rings. The van der Waals surface area contributed by atoms with E-state index in [1.54, 1.807) is 0 Å². The Morgan fingerprint density at radius 2 is 1.93 bits per heavy atom. The molecule has 2 aromatic heterocycles. The van der Waals surface area contributed by atoms with Crippen molar-refractivity contribution in [1.29, 1.82) is 0 Å². The number of ether oxygens (including phenoxy) is 1. The van der Waals surface area contributed by atoms with Crippen molar-refractivity contribution >= 4 is 16.7 Å². The van der Waals surface area contributed by atoms with Crippen LogP contribution in [0.1, 0.15) is 18.9 Å². The smallest absolute Gasteiger partial charge is 0.113 e. The molecular formula is C20H24N6O. The van der Waals surface area contributed by atoms with E-state index >= 15 is 0 Å². The first kappa shape index (κ1) is 16.6. The summed E-state index contributed by atoms with van der Waals surface area (Å²) in [5, 5.41) is 8.01. The van der Waals surface area contributed by atoms with Gasteiger partial charge in [-0.2, -0.15) is 5.10 Å². The predicted molar refractivity (Wildman–Crippen MR) is 105 cm³/mol. The number of rotatable bonds is 3. The van der Waals surface area contributed by atoms with Gasteiger partial charge in [0.2, 0.25) is 0 Å². The summed E-state index contributed by atoms with van der Waals surface area (Å²) in [6.07, 6.45) is 8.12. The number of benzene rings is 1.